The second-order valence-corrected chi connectivity index (χ2v) is 7.15. The highest BCUT2D eigenvalue weighted by Gasteiger charge is 2.57. The maximum atomic E-state index is 5.59. The average Bonchev–Trinajstić information content (AvgIpc) is 2.79. The summed E-state index contributed by atoms with van der Waals surface area (Å²) in [6.07, 6.45) is 7.08. The molecule has 1 spiro atoms. The summed E-state index contributed by atoms with van der Waals surface area (Å²) in [4.78, 5) is 4.81. The minimum absolute atomic E-state index is 0.186. The normalized spacial score (nSPS) is 33.5. The predicted octanol–water partition coefficient (Wildman–Crippen LogP) is 4.83. The fourth-order valence-electron chi connectivity index (χ4n) is 4.90. The van der Waals surface area contributed by atoms with Crippen molar-refractivity contribution in [2.45, 2.75) is 64.0 Å². The first-order valence-corrected chi connectivity index (χ1v) is 8.73. The summed E-state index contributed by atoms with van der Waals surface area (Å²) < 4.78 is 5.59. The molecule has 0 aromatic heterocycles. The Bertz CT molecular complexity index is 612. The molecule has 3 rings (SSSR count). The predicted molar refractivity (Wildman–Crippen MR) is 93.6 cm³/mol. The average molecular weight is 315 g/mol. The number of benzene rings is 1. The van der Waals surface area contributed by atoms with Crippen LogP contribution >= 0.6 is 12.2 Å². The van der Waals surface area contributed by atoms with Crippen molar-refractivity contribution in [2.75, 3.05) is 7.11 Å². The van der Waals surface area contributed by atoms with Gasteiger partial charge < -0.3 is 4.74 Å². The highest BCUT2D eigenvalue weighted by Crippen LogP contribution is 2.61. The van der Waals surface area contributed by atoms with Crippen LogP contribution in [-0.4, -0.2) is 18.4 Å². The summed E-state index contributed by atoms with van der Waals surface area (Å²) in [6, 6.07) is 6.84. The number of methoxy groups -OCH3 is 1. The maximum absolute atomic E-state index is 5.59. The lowest BCUT2D eigenvalue weighted by molar-refractivity contribution is -0.00425. The molecule has 2 nitrogen and oxygen atoms in total. The van der Waals surface area contributed by atoms with Crippen molar-refractivity contribution in [2.24, 2.45) is 10.4 Å². The van der Waals surface area contributed by atoms with Crippen LogP contribution in [0.5, 0.6) is 0 Å². The number of thiocarbonyl (C=S) groups is 1. The first-order valence-electron chi connectivity index (χ1n) is 8.32. The number of ether oxygens (including phenoxy) is 1. The third kappa shape index (κ3) is 2.19. The molecule has 2 aliphatic rings. The molecule has 1 aromatic rings. The van der Waals surface area contributed by atoms with Gasteiger partial charge in [-0.1, -0.05) is 30.7 Å². The summed E-state index contributed by atoms with van der Waals surface area (Å²) in [5, 5.41) is 2.74. The van der Waals surface area contributed by atoms with Crippen molar-refractivity contribution < 1.29 is 4.74 Å². The Morgan fingerprint density at radius 3 is 2.68 bits per heavy atom. The molecule has 0 bridgehead atoms. The molecule has 1 saturated carbocycles. The lowest BCUT2D eigenvalue weighted by atomic mass is 9.60. The smallest absolute Gasteiger partial charge is 0.102 e. The number of rotatable bonds is 3. The van der Waals surface area contributed by atoms with Gasteiger partial charge in [0.15, 0.2) is 0 Å². The Labute approximate surface area is 139 Å². The Balaban J connectivity index is 2.10. The number of aryl methyl sites for hydroxylation is 1. The zero-order valence-electron chi connectivity index (χ0n) is 13.8. The van der Waals surface area contributed by atoms with E-state index in [1.807, 2.05) is 7.11 Å². The summed E-state index contributed by atoms with van der Waals surface area (Å²) in [5.74, 6) is 0. The van der Waals surface area contributed by atoms with Crippen molar-refractivity contribution in [3.05, 3.63) is 34.9 Å². The minimum Gasteiger partial charge on any atom is -0.381 e. The van der Waals surface area contributed by atoms with E-state index in [-0.39, 0.29) is 11.0 Å². The SMILES string of the molecule is CCC1(N=C=S)c2cc(C)ccc2CC12CCC(OC)CC2. The molecule has 0 aliphatic heterocycles. The first kappa shape index (κ1) is 15.9. The van der Waals surface area contributed by atoms with E-state index in [1.54, 1.807) is 0 Å². The third-order valence-electron chi connectivity index (χ3n) is 6.09. The Hall–Kier alpha value is -1.02. The van der Waals surface area contributed by atoms with Crippen molar-refractivity contribution >= 4 is 17.4 Å². The Morgan fingerprint density at radius 1 is 1.36 bits per heavy atom. The summed E-state index contributed by atoms with van der Waals surface area (Å²) in [5.41, 5.74) is 4.16. The molecule has 0 radical (unpaired) electrons. The lowest BCUT2D eigenvalue weighted by Gasteiger charge is -2.47. The molecule has 0 N–H and O–H groups in total. The minimum atomic E-state index is -0.186. The molecule has 0 saturated heterocycles. The molecule has 3 heteroatoms. The van der Waals surface area contributed by atoms with Crippen LogP contribution in [0.3, 0.4) is 0 Å². The van der Waals surface area contributed by atoms with Gasteiger partial charge in [0.2, 0.25) is 0 Å². The largest absolute Gasteiger partial charge is 0.381 e. The number of hydrogen-bond acceptors (Lipinski definition) is 3. The molecule has 118 valence electrons. The topological polar surface area (TPSA) is 21.6 Å². The van der Waals surface area contributed by atoms with Crippen LogP contribution in [0.2, 0.25) is 0 Å². The monoisotopic (exact) mass is 315 g/mol. The van der Waals surface area contributed by atoms with Gasteiger partial charge in [0, 0.05) is 12.5 Å². The van der Waals surface area contributed by atoms with Gasteiger partial charge in [-0.2, -0.15) is 0 Å². The van der Waals surface area contributed by atoms with Crippen molar-refractivity contribution in [1.82, 2.24) is 0 Å². The number of isothiocyanates is 1. The van der Waals surface area contributed by atoms with E-state index in [0.717, 1.165) is 38.5 Å². The molecule has 1 fully saturated rings. The zero-order chi connectivity index (χ0) is 15.8. The summed E-state index contributed by atoms with van der Waals surface area (Å²) >= 11 is 5.05. The molecular weight excluding hydrogens is 290 g/mol. The number of aliphatic imine (C=N–C) groups is 1. The van der Waals surface area contributed by atoms with Gasteiger partial charge in [-0.05, 0) is 68.8 Å². The van der Waals surface area contributed by atoms with Gasteiger partial charge in [-0.3, -0.25) is 0 Å². The van der Waals surface area contributed by atoms with Gasteiger partial charge in [-0.25, -0.2) is 4.99 Å². The van der Waals surface area contributed by atoms with Crippen molar-refractivity contribution in [3.63, 3.8) is 0 Å². The van der Waals surface area contributed by atoms with Gasteiger partial charge in [0.1, 0.15) is 5.54 Å². The lowest BCUT2D eigenvalue weighted by Crippen LogP contribution is -2.44. The molecule has 1 unspecified atom stereocenters. The van der Waals surface area contributed by atoms with Gasteiger partial charge in [-0.15, -0.1) is 0 Å². The number of fused-ring (bicyclic) bond motifs is 1. The van der Waals surface area contributed by atoms with E-state index < -0.39 is 0 Å². The van der Waals surface area contributed by atoms with E-state index >= 15 is 0 Å². The second-order valence-electron chi connectivity index (χ2n) is 6.97. The third-order valence-corrected chi connectivity index (χ3v) is 6.18. The van der Waals surface area contributed by atoms with E-state index in [9.17, 15) is 0 Å². The van der Waals surface area contributed by atoms with Crippen LogP contribution in [0.15, 0.2) is 23.2 Å². The number of hydrogen-bond donors (Lipinski definition) is 0. The molecule has 0 heterocycles. The second kappa shape index (κ2) is 5.88. The van der Waals surface area contributed by atoms with Crippen molar-refractivity contribution in [1.29, 1.82) is 0 Å². The van der Waals surface area contributed by atoms with Crippen LogP contribution in [-0.2, 0) is 16.7 Å². The molecule has 0 amide bonds. The van der Waals surface area contributed by atoms with Crippen LogP contribution in [0.25, 0.3) is 0 Å². The first-order chi connectivity index (χ1) is 10.6. The molecular formula is C19H25NOS. The molecule has 1 aromatic carbocycles. The van der Waals surface area contributed by atoms with Gasteiger partial charge in [0.25, 0.3) is 0 Å². The van der Waals surface area contributed by atoms with E-state index in [4.69, 9.17) is 21.9 Å². The summed E-state index contributed by atoms with van der Waals surface area (Å²) in [7, 11) is 1.83. The Kier molecular flexibility index (Phi) is 4.24. The summed E-state index contributed by atoms with van der Waals surface area (Å²) in [6.45, 7) is 4.41. The maximum Gasteiger partial charge on any atom is 0.102 e. The number of nitrogens with zero attached hydrogens (tertiary/aromatic N) is 1. The molecule has 2 aliphatic carbocycles. The van der Waals surface area contributed by atoms with Gasteiger partial charge in [0.05, 0.1) is 11.3 Å². The van der Waals surface area contributed by atoms with Crippen molar-refractivity contribution in [3.8, 4) is 0 Å². The fourth-order valence-corrected chi connectivity index (χ4v) is 5.05. The zero-order valence-corrected chi connectivity index (χ0v) is 14.6. The van der Waals surface area contributed by atoms with E-state index in [2.05, 4.69) is 37.2 Å². The highest BCUT2D eigenvalue weighted by atomic mass is 32.1. The van der Waals surface area contributed by atoms with E-state index in [1.165, 1.54) is 16.7 Å². The van der Waals surface area contributed by atoms with Crippen LogP contribution in [0.4, 0.5) is 0 Å². The highest BCUT2D eigenvalue weighted by molar-refractivity contribution is 7.78. The molecule has 1 atom stereocenters. The fraction of sp³-hybridized carbons (Fsp3) is 0.632. The standard InChI is InChI=1S/C19H25NOS/c1-4-19(20-13-22)17-11-14(2)5-6-15(17)12-18(19)9-7-16(21-3)8-10-18/h5-6,11,16H,4,7-10,12H2,1-3H3. The van der Waals surface area contributed by atoms with E-state index in [0.29, 0.717) is 6.10 Å². The van der Waals surface area contributed by atoms with Crippen LogP contribution in [0, 0.1) is 12.3 Å². The van der Waals surface area contributed by atoms with Crippen LogP contribution < -0.4 is 0 Å². The van der Waals surface area contributed by atoms with Gasteiger partial charge >= 0.3 is 0 Å². The molecule has 22 heavy (non-hydrogen) atoms. The Morgan fingerprint density at radius 2 is 2.09 bits per heavy atom. The van der Waals surface area contributed by atoms with Crippen LogP contribution in [0.1, 0.15) is 55.7 Å². The quantitative estimate of drug-likeness (QED) is 0.588.